The molecule has 0 saturated heterocycles. The van der Waals surface area contributed by atoms with E-state index in [1.165, 1.54) is 18.3 Å². The molecule has 0 radical (unpaired) electrons. The van der Waals surface area contributed by atoms with E-state index < -0.39 is 27.3 Å². The standard InChI is InChI=1S/C14H12F3N5O4/c15-14(16,17)9-3-4-10(12(8-9)22(25)26)18-6-7-20-13-11(21(23)24)2-1-5-19-13/h1-5,8,18H,6-7H2,(H,19,20). The van der Waals surface area contributed by atoms with Crippen LogP contribution in [0, 0.1) is 20.2 Å². The largest absolute Gasteiger partial charge is 0.416 e. The predicted molar refractivity (Wildman–Crippen MR) is 86.0 cm³/mol. The number of benzene rings is 1. The molecule has 1 aromatic carbocycles. The molecule has 12 heteroatoms. The van der Waals surface area contributed by atoms with Crippen LogP contribution in [0.2, 0.25) is 0 Å². The number of halogens is 3. The lowest BCUT2D eigenvalue weighted by Gasteiger charge is -2.11. The highest BCUT2D eigenvalue weighted by Gasteiger charge is 2.33. The molecule has 0 aliphatic rings. The molecule has 0 atom stereocenters. The van der Waals surface area contributed by atoms with Crippen molar-refractivity contribution in [3.05, 3.63) is 62.3 Å². The van der Waals surface area contributed by atoms with Crippen LogP contribution in [0.5, 0.6) is 0 Å². The fraction of sp³-hybridized carbons (Fsp3) is 0.214. The minimum absolute atomic E-state index is 0.0150. The first kappa shape index (κ1) is 18.9. The van der Waals surface area contributed by atoms with Gasteiger partial charge in [-0.25, -0.2) is 4.98 Å². The zero-order chi connectivity index (χ0) is 19.3. The fourth-order valence-electron chi connectivity index (χ4n) is 2.07. The van der Waals surface area contributed by atoms with Crippen molar-refractivity contribution in [3.63, 3.8) is 0 Å². The van der Waals surface area contributed by atoms with Crippen molar-refractivity contribution in [3.8, 4) is 0 Å². The molecule has 1 aromatic heterocycles. The Morgan fingerprint density at radius 2 is 1.65 bits per heavy atom. The lowest BCUT2D eigenvalue weighted by atomic mass is 10.1. The van der Waals surface area contributed by atoms with Gasteiger partial charge in [0.05, 0.1) is 15.4 Å². The molecule has 2 rings (SSSR count). The van der Waals surface area contributed by atoms with Crippen LogP contribution in [-0.2, 0) is 6.18 Å². The molecule has 9 nitrogen and oxygen atoms in total. The van der Waals surface area contributed by atoms with Gasteiger partial charge < -0.3 is 10.6 Å². The zero-order valence-electron chi connectivity index (χ0n) is 13.0. The zero-order valence-corrected chi connectivity index (χ0v) is 13.0. The number of alkyl halides is 3. The molecule has 0 saturated carbocycles. The molecule has 138 valence electrons. The topological polar surface area (TPSA) is 123 Å². The molecular formula is C14H12F3N5O4. The number of hydrogen-bond donors (Lipinski definition) is 2. The molecule has 0 fully saturated rings. The van der Waals surface area contributed by atoms with Crippen molar-refractivity contribution in [2.75, 3.05) is 23.7 Å². The summed E-state index contributed by atoms with van der Waals surface area (Å²) in [6.07, 6.45) is -3.34. The van der Waals surface area contributed by atoms with Crippen LogP contribution < -0.4 is 10.6 Å². The van der Waals surface area contributed by atoms with Crippen molar-refractivity contribution < 1.29 is 23.0 Å². The number of nitrogens with zero attached hydrogens (tertiary/aromatic N) is 3. The van der Waals surface area contributed by atoms with Crippen molar-refractivity contribution in [1.82, 2.24) is 4.98 Å². The summed E-state index contributed by atoms with van der Waals surface area (Å²) >= 11 is 0. The van der Waals surface area contributed by atoms with Crippen LogP contribution >= 0.6 is 0 Å². The van der Waals surface area contributed by atoms with Gasteiger partial charge in [-0.1, -0.05) is 0 Å². The summed E-state index contributed by atoms with van der Waals surface area (Å²) in [6, 6.07) is 4.78. The minimum atomic E-state index is -4.69. The number of aromatic nitrogens is 1. The van der Waals surface area contributed by atoms with Crippen molar-refractivity contribution >= 4 is 22.9 Å². The van der Waals surface area contributed by atoms with Crippen molar-refractivity contribution in [2.24, 2.45) is 0 Å². The van der Waals surface area contributed by atoms with Crippen LogP contribution in [0.25, 0.3) is 0 Å². The van der Waals surface area contributed by atoms with E-state index in [4.69, 9.17) is 0 Å². The van der Waals surface area contributed by atoms with Gasteiger partial charge in [-0.15, -0.1) is 0 Å². The Labute approximate surface area is 144 Å². The molecule has 2 aromatic rings. The highest BCUT2D eigenvalue weighted by Crippen LogP contribution is 2.34. The SMILES string of the molecule is O=[N+]([O-])c1cc(C(F)(F)F)ccc1NCCNc1ncccc1[N+](=O)[O-]. The van der Waals surface area contributed by atoms with Crippen LogP contribution in [0.3, 0.4) is 0 Å². The van der Waals surface area contributed by atoms with Crippen LogP contribution in [0.1, 0.15) is 5.56 Å². The predicted octanol–water partition coefficient (Wildman–Crippen LogP) is 3.44. The summed E-state index contributed by atoms with van der Waals surface area (Å²) in [5.41, 5.74) is -2.19. The van der Waals surface area contributed by atoms with Gasteiger partial charge in [-0.2, -0.15) is 13.2 Å². The maximum Gasteiger partial charge on any atom is 0.416 e. The van der Waals surface area contributed by atoms with E-state index in [1.807, 2.05) is 0 Å². The first-order valence-corrected chi connectivity index (χ1v) is 7.13. The van der Waals surface area contributed by atoms with E-state index in [9.17, 15) is 33.4 Å². The number of rotatable bonds is 7. The van der Waals surface area contributed by atoms with E-state index >= 15 is 0 Å². The normalized spacial score (nSPS) is 11.0. The van der Waals surface area contributed by atoms with Crippen LogP contribution in [-0.4, -0.2) is 27.9 Å². The lowest BCUT2D eigenvalue weighted by molar-refractivity contribution is -0.384. The van der Waals surface area contributed by atoms with Gasteiger partial charge in [0.15, 0.2) is 0 Å². The Morgan fingerprint density at radius 1 is 1.00 bits per heavy atom. The summed E-state index contributed by atoms with van der Waals surface area (Å²) in [7, 11) is 0. The number of anilines is 2. The Balaban J connectivity index is 2.04. The summed E-state index contributed by atoms with van der Waals surface area (Å²) < 4.78 is 37.9. The second-order valence-corrected chi connectivity index (χ2v) is 4.97. The number of hydrogen-bond acceptors (Lipinski definition) is 7. The number of pyridine rings is 1. The summed E-state index contributed by atoms with van der Waals surface area (Å²) in [5.74, 6) is 0.0150. The van der Waals surface area contributed by atoms with Gasteiger partial charge in [0, 0.05) is 31.4 Å². The molecule has 2 N–H and O–H groups in total. The number of nitrogens with one attached hydrogen (secondary N) is 2. The van der Waals surface area contributed by atoms with Gasteiger partial charge in [-0.3, -0.25) is 20.2 Å². The van der Waals surface area contributed by atoms with Crippen LogP contribution in [0.15, 0.2) is 36.5 Å². The van der Waals surface area contributed by atoms with Gasteiger partial charge in [0.1, 0.15) is 5.69 Å². The van der Waals surface area contributed by atoms with Gasteiger partial charge in [-0.05, 0) is 18.2 Å². The quantitative estimate of drug-likeness (QED) is 0.434. The maximum absolute atomic E-state index is 12.6. The van der Waals surface area contributed by atoms with Crippen molar-refractivity contribution in [1.29, 1.82) is 0 Å². The number of nitro benzene ring substituents is 1. The number of nitro groups is 2. The molecule has 0 bridgehead atoms. The Morgan fingerprint density at radius 3 is 2.27 bits per heavy atom. The Bertz CT molecular complexity index is 828. The Hall–Kier alpha value is -3.44. The summed E-state index contributed by atoms with van der Waals surface area (Å²) in [6.45, 7) is 0.149. The summed E-state index contributed by atoms with van der Waals surface area (Å²) in [5, 5.41) is 27.1. The third kappa shape index (κ3) is 4.55. The van der Waals surface area contributed by atoms with E-state index in [-0.39, 0.29) is 30.3 Å². The van der Waals surface area contributed by atoms with Gasteiger partial charge in [0.25, 0.3) is 5.69 Å². The monoisotopic (exact) mass is 371 g/mol. The van der Waals surface area contributed by atoms with E-state index in [1.54, 1.807) is 0 Å². The average molecular weight is 371 g/mol. The fourth-order valence-corrected chi connectivity index (χ4v) is 2.07. The second kappa shape index (κ2) is 7.63. The maximum atomic E-state index is 12.6. The molecule has 0 unspecified atom stereocenters. The van der Waals surface area contributed by atoms with Gasteiger partial charge >= 0.3 is 11.9 Å². The molecular weight excluding hydrogens is 359 g/mol. The van der Waals surface area contributed by atoms with E-state index in [0.717, 1.165) is 12.1 Å². The minimum Gasteiger partial charge on any atom is -0.378 e. The molecule has 0 aliphatic carbocycles. The smallest absolute Gasteiger partial charge is 0.378 e. The highest BCUT2D eigenvalue weighted by molar-refractivity contribution is 5.63. The molecule has 0 aliphatic heterocycles. The van der Waals surface area contributed by atoms with Crippen LogP contribution in [0.4, 0.5) is 36.1 Å². The van der Waals surface area contributed by atoms with Crippen molar-refractivity contribution in [2.45, 2.75) is 6.18 Å². The first-order chi connectivity index (χ1) is 12.2. The van der Waals surface area contributed by atoms with E-state index in [2.05, 4.69) is 15.6 Å². The third-order valence-corrected chi connectivity index (χ3v) is 3.24. The highest BCUT2D eigenvalue weighted by atomic mass is 19.4. The second-order valence-electron chi connectivity index (χ2n) is 4.97. The average Bonchev–Trinajstić information content (AvgIpc) is 2.58. The molecule has 1 heterocycles. The molecule has 0 amide bonds. The Kier molecular flexibility index (Phi) is 5.54. The van der Waals surface area contributed by atoms with Gasteiger partial charge in [0.2, 0.25) is 5.82 Å². The lowest BCUT2D eigenvalue weighted by Crippen LogP contribution is -2.16. The molecule has 26 heavy (non-hydrogen) atoms. The molecule has 0 spiro atoms. The first-order valence-electron chi connectivity index (χ1n) is 7.13. The summed E-state index contributed by atoms with van der Waals surface area (Å²) in [4.78, 5) is 24.1. The van der Waals surface area contributed by atoms with E-state index in [0.29, 0.717) is 6.07 Å². The third-order valence-electron chi connectivity index (χ3n) is 3.24.